The molecular formula is C28H33N3O2. The molecule has 1 aliphatic carbocycles. The quantitative estimate of drug-likeness (QED) is 0.337. The molecule has 1 aromatic heterocycles. The maximum atomic E-state index is 9.42. The molecule has 4 rings (SSSR count). The van der Waals surface area contributed by atoms with E-state index < -0.39 is 5.54 Å². The van der Waals surface area contributed by atoms with Gasteiger partial charge >= 0.3 is 0 Å². The molecule has 0 amide bonds. The molecule has 5 nitrogen and oxygen atoms in total. The number of aliphatic hydroxyl groups is 1. The van der Waals surface area contributed by atoms with E-state index in [1.807, 2.05) is 24.5 Å². The fourth-order valence-corrected chi connectivity index (χ4v) is 4.99. The molecule has 2 aromatic carbocycles. The van der Waals surface area contributed by atoms with Crippen molar-refractivity contribution in [2.45, 2.75) is 45.1 Å². The summed E-state index contributed by atoms with van der Waals surface area (Å²) in [5.41, 5.74) is 6.49. The van der Waals surface area contributed by atoms with Gasteiger partial charge in [-0.05, 0) is 50.0 Å². The van der Waals surface area contributed by atoms with Gasteiger partial charge in [0, 0.05) is 5.92 Å². The van der Waals surface area contributed by atoms with Gasteiger partial charge in [0.1, 0.15) is 5.54 Å². The van der Waals surface area contributed by atoms with Crippen LogP contribution in [0.25, 0.3) is 11.0 Å². The number of aryl methyl sites for hydroxylation is 1. The number of nitrogens with one attached hydrogen (secondary N) is 1. The summed E-state index contributed by atoms with van der Waals surface area (Å²) in [6.45, 7) is 6.73. The summed E-state index contributed by atoms with van der Waals surface area (Å²) in [6, 6.07) is 16.7. The molecule has 2 atom stereocenters. The van der Waals surface area contributed by atoms with Gasteiger partial charge < -0.3 is 19.8 Å². The largest absolute Gasteiger partial charge is 0.394 e. The Labute approximate surface area is 195 Å². The van der Waals surface area contributed by atoms with Crippen molar-refractivity contribution in [3.05, 3.63) is 89.3 Å². The number of aromatic nitrogens is 2. The number of benzene rings is 2. The Morgan fingerprint density at radius 2 is 1.88 bits per heavy atom. The van der Waals surface area contributed by atoms with E-state index in [2.05, 4.69) is 67.8 Å². The van der Waals surface area contributed by atoms with Gasteiger partial charge in [0.25, 0.3) is 0 Å². The minimum Gasteiger partial charge on any atom is -0.394 e. The summed E-state index contributed by atoms with van der Waals surface area (Å²) >= 11 is 0. The Bertz CT molecular complexity index is 1190. The highest BCUT2D eigenvalue weighted by Crippen LogP contribution is 2.46. The van der Waals surface area contributed by atoms with Crippen LogP contribution in [0.4, 0.5) is 0 Å². The van der Waals surface area contributed by atoms with Crippen LogP contribution in [0.5, 0.6) is 0 Å². The van der Waals surface area contributed by atoms with Gasteiger partial charge in [0.2, 0.25) is 0 Å². The van der Waals surface area contributed by atoms with Crippen molar-refractivity contribution < 1.29 is 9.84 Å². The molecule has 1 heterocycles. The summed E-state index contributed by atoms with van der Waals surface area (Å²) in [7, 11) is 0. The van der Waals surface area contributed by atoms with E-state index in [0.29, 0.717) is 5.71 Å². The van der Waals surface area contributed by atoms with Crippen LogP contribution in [0.2, 0.25) is 0 Å². The van der Waals surface area contributed by atoms with Crippen molar-refractivity contribution in [2.24, 2.45) is 0 Å². The van der Waals surface area contributed by atoms with Gasteiger partial charge in [0.15, 0.2) is 0 Å². The molecule has 0 fully saturated rings. The van der Waals surface area contributed by atoms with Crippen molar-refractivity contribution in [1.82, 2.24) is 9.55 Å². The zero-order valence-electron chi connectivity index (χ0n) is 19.7. The molecule has 0 saturated heterocycles. The Morgan fingerprint density at radius 3 is 2.58 bits per heavy atom. The van der Waals surface area contributed by atoms with E-state index in [9.17, 15) is 10.5 Å². The van der Waals surface area contributed by atoms with Gasteiger partial charge in [0.05, 0.1) is 42.9 Å². The number of aliphatic hydroxyl groups excluding tert-OH is 1. The van der Waals surface area contributed by atoms with Crippen LogP contribution in [-0.4, -0.2) is 40.2 Å². The van der Waals surface area contributed by atoms with Crippen molar-refractivity contribution in [3.8, 4) is 0 Å². The summed E-state index contributed by atoms with van der Waals surface area (Å²) in [5, 5.41) is 18.7. The Hall–Kier alpha value is -3.02. The molecule has 0 aliphatic heterocycles. The van der Waals surface area contributed by atoms with Gasteiger partial charge in [-0.1, -0.05) is 66.6 Å². The van der Waals surface area contributed by atoms with E-state index in [1.165, 1.54) is 16.7 Å². The SMILES string of the molecule is CC1=CC=C(C(C(=N)COCCO)(C(C)c2ccc(C)cc2)n2cnc3ccccc32)CC1. The minimum atomic E-state index is -0.780. The zero-order chi connectivity index (χ0) is 23.4. The van der Waals surface area contributed by atoms with Crippen LogP contribution in [0, 0.1) is 12.3 Å². The molecule has 5 heteroatoms. The van der Waals surface area contributed by atoms with Crippen molar-refractivity contribution >= 4 is 16.7 Å². The first kappa shape index (κ1) is 23.1. The predicted molar refractivity (Wildman–Crippen MR) is 134 cm³/mol. The Morgan fingerprint density at radius 1 is 1.12 bits per heavy atom. The normalized spacial score (nSPS) is 16.7. The molecule has 0 spiro atoms. The monoisotopic (exact) mass is 443 g/mol. The van der Waals surface area contributed by atoms with Gasteiger partial charge in [-0.3, -0.25) is 0 Å². The summed E-state index contributed by atoms with van der Waals surface area (Å²) < 4.78 is 7.91. The summed E-state index contributed by atoms with van der Waals surface area (Å²) in [5.74, 6) is -0.0426. The number of para-hydroxylation sites is 2. The van der Waals surface area contributed by atoms with E-state index in [4.69, 9.17) is 9.72 Å². The summed E-state index contributed by atoms with van der Waals surface area (Å²) in [4.78, 5) is 4.71. The third-order valence-corrected chi connectivity index (χ3v) is 6.83. The minimum absolute atomic E-state index is 0.0426. The molecule has 33 heavy (non-hydrogen) atoms. The molecule has 2 unspecified atom stereocenters. The first-order chi connectivity index (χ1) is 16.0. The maximum absolute atomic E-state index is 9.42. The van der Waals surface area contributed by atoms with E-state index in [1.54, 1.807) is 0 Å². The number of imidazole rings is 1. The lowest BCUT2D eigenvalue weighted by Crippen LogP contribution is -2.49. The lowest BCUT2D eigenvalue weighted by molar-refractivity contribution is 0.114. The van der Waals surface area contributed by atoms with Crippen molar-refractivity contribution in [2.75, 3.05) is 19.8 Å². The fraction of sp³-hybridized carbons (Fsp3) is 0.357. The Balaban J connectivity index is 1.98. The average Bonchev–Trinajstić information content (AvgIpc) is 3.26. The number of rotatable bonds is 9. The highest BCUT2D eigenvalue weighted by atomic mass is 16.5. The molecule has 0 saturated carbocycles. The molecular weight excluding hydrogens is 410 g/mol. The van der Waals surface area contributed by atoms with Crippen molar-refractivity contribution in [3.63, 3.8) is 0 Å². The first-order valence-corrected chi connectivity index (χ1v) is 11.6. The second-order valence-corrected chi connectivity index (χ2v) is 8.96. The van der Waals surface area contributed by atoms with Crippen LogP contribution in [0.1, 0.15) is 43.7 Å². The fourth-order valence-electron chi connectivity index (χ4n) is 4.99. The Kier molecular flexibility index (Phi) is 6.91. The van der Waals surface area contributed by atoms with Crippen molar-refractivity contribution in [1.29, 1.82) is 5.41 Å². The van der Waals surface area contributed by atoms with Gasteiger partial charge in [-0.2, -0.15) is 0 Å². The topological polar surface area (TPSA) is 71.1 Å². The van der Waals surface area contributed by atoms with Crippen LogP contribution >= 0.6 is 0 Å². The number of fused-ring (bicyclic) bond motifs is 1. The average molecular weight is 444 g/mol. The zero-order valence-corrected chi connectivity index (χ0v) is 19.7. The molecule has 0 bridgehead atoms. The molecule has 172 valence electrons. The van der Waals surface area contributed by atoms with Gasteiger partial charge in [-0.15, -0.1) is 0 Å². The smallest absolute Gasteiger partial charge is 0.114 e. The number of allylic oxidation sites excluding steroid dienone is 4. The van der Waals surface area contributed by atoms with E-state index in [-0.39, 0.29) is 25.7 Å². The highest BCUT2D eigenvalue weighted by molar-refractivity contribution is 5.96. The van der Waals surface area contributed by atoms with Gasteiger partial charge in [-0.25, -0.2) is 4.98 Å². The van der Waals surface area contributed by atoms with Crippen LogP contribution in [0.3, 0.4) is 0 Å². The highest BCUT2D eigenvalue weighted by Gasteiger charge is 2.47. The molecule has 3 aromatic rings. The number of nitrogens with zero attached hydrogens (tertiary/aromatic N) is 2. The molecule has 1 aliphatic rings. The number of ether oxygens (including phenoxy) is 1. The van der Waals surface area contributed by atoms with E-state index >= 15 is 0 Å². The third-order valence-electron chi connectivity index (χ3n) is 6.83. The third kappa shape index (κ3) is 4.31. The lowest BCUT2D eigenvalue weighted by Gasteiger charge is -2.44. The van der Waals surface area contributed by atoms with Crippen LogP contribution < -0.4 is 0 Å². The second-order valence-electron chi connectivity index (χ2n) is 8.96. The molecule has 0 radical (unpaired) electrons. The van der Waals surface area contributed by atoms with E-state index in [0.717, 1.165) is 29.4 Å². The maximum Gasteiger partial charge on any atom is 0.114 e. The lowest BCUT2D eigenvalue weighted by atomic mass is 9.69. The van der Waals surface area contributed by atoms with Crippen LogP contribution in [0.15, 0.2) is 78.2 Å². The molecule has 2 N–H and O–H groups in total. The standard InChI is InChI=1S/C28H33N3O2/c1-20-8-12-23(13-9-20)22(3)28(27(29)18-33-17-16-32,24-14-10-21(2)11-15-24)31-19-30-25-6-4-5-7-26(25)31/h4-10,12-14,19,22,29,32H,11,15-18H2,1-3H3. The second kappa shape index (κ2) is 9.86. The number of hydrogen-bond acceptors (Lipinski definition) is 4. The number of hydrogen-bond donors (Lipinski definition) is 2. The predicted octanol–water partition coefficient (Wildman–Crippen LogP) is 5.54. The summed E-state index contributed by atoms with van der Waals surface area (Å²) in [6.07, 6.45) is 8.08. The first-order valence-electron chi connectivity index (χ1n) is 11.6. The van der Waals surface area contributed by atoms with Crippen LogP contribution in [-0.2, 0) is 10.3 Å².